The van der Waals surface area contributed by atoms with Crippen LogP contribution < -0.4 is 0 Å². The van der Waals surface area contributed by atoms with Gasteiger partial charge in [0.2, 0.25) is 0 Å². The molecule has 0 amide bonds. The summed E-state index contributed by atoms with van der Waals surface area (Å²) < 4.78 is 28.8. The first kappa shape index (κ1) is 12.1. The Bertz CT molecular complexity index is 170. The molecule has 0 aromatic heterocycles. The number of rotatable bonds is 5. The molecule has 0 bridgehead atoms. The Labute approximate surface area is 74.1 Å². The first-order valence-electron chi connectivity index (χ1n) is 4.34. The Morgan fingerprint density at radius 1 is 1.42 bits per heavy atom. The zero-order valence-electron chi connectivity index (χ0n) is 8.21. The van der Waals surface area contributed by atoms with Crippen molar-refractivity contribution in [2.24, 2.45) is 5.92 Å². The Morgan fingerprint density at radius 2 is 1.92 bits per heavy atom. The van der Waals surface area contributed by atoms with E-state index in [0.717, 1.165) is 6.42 Å². The maximum Gasteiger partial charge on any atom is 0.369 e. The fourth-order valence-corrected chi connectivity index (χ4v) is 1.25. The summed E-state index contributed by atoms with van der Waals surface area (Å²) in [7, 11) is -3.83. The molecule has 0 N–H and O–H groups in total. The van der Waals surface area contributed by atoms with Gasteiger partial charge in [0.15, 0.2) is 0 Å². The largest absolute Gasteiger partial charge is 0.369 e. The van der Waals surface area contributed by atoms with Gasteiger partial charge in [-0.2, -0.15) is 4.20 Å². The van der Waals surface area contributed by atoms with Crippen LogP contribution in [-0.2, 0) is 9.09 Å². The second-order valence-electron chi connectivity index (χ2n) is 3.42. The van der Waals surface area contributed by atoms with E-state index in [2.05, 4.69) is 0 Å². The summed E-state index contributed by atoms with van der Waals surface area (Å²) in [5.74, 6) is 0.271. The second-order valence-corrected chi connectivity index (χ2v) is 5.76. The van der Waals surface area contributed by atoms with Crippen LogP contribution in [0.3, 0.4) is 0 Å². The fraction of sp³-hybridized carbons (Fsp3) is 1.00. The summed E-state index contributed by atoms with van der Waals surface area (Å²) in [6.07, 6.45) is 0.915. The molecule has 0 aromatic rings. The Hall–Kier alpha value is 0.120. The normalized spacial score (nSPS) is 19.2. The first-order chi connectivity index (χ1) is 5.40. The van der Waals surface area contributed by atoms with Crippen LogP contribution in [0.1, 0.15) is 34.1 Å². The Kier molecular flexibility index (Phi) is 5.03. The lowest BCUT2D eigenvalue weighted by atomic mass is 10.1. The van der Waals surface area contributed by atoms with E-state index < -0.39 is 13.3 Å². The average molecular weight is 196 g/mol. The number of hydrogen-bond donors (Lipinski definition) is 0. The number of halogens is 1. The van der Waals surface area contributed by atoms with Crippen molar-refractivity contribution in [2.75, 3.05) is 6.61 Å². The van der Waals surface area contributed by atoms with Crippen LogP contribution in [-0.4, -0.2) is 12.3 Å². The molecule has 0 radical (unpaired) electrons. The smallest absolute Gasteiger partial charge is 0.305 e. The molecule has 0 saturated carbocycles. The molecule has 0 heterocycles. The topological polar surface area (TPSA) is 26.3 Å². The lowest BCUT2D eigenvalue weighted by molar-refractivity contribution is 0.234. The lowest BCUT2D eigenvalue weighted by Gasteiger charge is -2.15. The fourth-order valence-electron chi connectivity index (χ4n) is 0.496. The highest BCUT2D eigenvalue weighted by Gasteiger charge is 2.27. The molecule has 2 unspecified atom stereocenters. The third kappa shape index (κ3) is 4.22. The van der Waals surface area contributed by atoms with Gasteiger partial charge in [-0.15, -0.1) is 0 Å². The van der Waals surface area contributed by atoms with Crippen LogP contribution in [0.2, 0.25) is 0 Å². The summed E-state index contributed by atoms with van der Waals surface area (Å²) in [5, 5.41) is 0. The van der Waals surface area contributed by atoms with Crippen molar-refractivity contribution in [1.29, 1.82) is 0 Å². The van der Waals surface area contributed by atoms with E-state index in [1.54, 1.807) is 13.8 Å². The first-order valence-corrected chi connectivity index (χ1v) is 5.92. The van der Waals surface area contributed by atoms with Gasteiger partial charge in [-0.3, -0.25) is 4.57 Å². The minimum absolute atomic E-state index is 0.252. The van der Waals surface area contributed by atoms with Crippen molar-refractivity contribution in [2.45, 2.75) is 39.8 Å². The van der Waals surface area contributed by atoms with Gasteiger partial charge in [0.05, 0.1) is 12.3 Å². The minimum Gasteiger partial charge on any atom is -0.305 e. The third-order valence-electron chi connectivity index (χ3n) is 1.85. The molecule has 0 fully saturated rings. The quantitative estimate of drug-likeness (QED) is 0.628. The average Bonchev–Trinajstić information content (AvgIpc) is 2.00. The minimum atomic E-state index is -3.83. The zero-order chi connectivity index (χ0) is 9.78. The van der Waals surface area contributed by atoms with Crippen molar-refractivity contribution in [3.05, 3.63) is 0 Å². The van der Waals surface area contributed by atoms with Crippen LogP contribution in [0.25, 0.3) is 0 Å². The van der Waals surface area contributed by atoms with Crippen LogP contribution in [0.4, 0.5) is 4.20 Å². The summed E-state index contributed by atoms with van der Waals surface area (Å²) in [6.45, 7) is 7.32. The van der Waals surface area contributed by atoms with Gasteiger partial charge in [-0.1, -0.05) is 34.1 Å². The number of hydrogen-bond acceptors (Lipinski definition) is 2. The van der Waals surface area contributed by atoms with Crippen molar-refractivity contribution < 1.29 is 13.3 Å². The summed E-state index contributed by atoms with van der Waals surface area (Å²) in [6, 6.07) is 0. The van der Waals surface area contributed by atoms with Crippen LogP contribution in [0.5, 0.6) is 0 Å². The highest BCUT2D eigenvalue weighted by atomic mass is 31.2. The molecule has 0 saturated heterocycles. The summed E-state index contributed by atoms with van der Waals surface area (Å²) in [5.41, 5.74) is -0.526. The molecule has 0 aliphatic heterocycles. The molecule has 74 valence electrons. The molecule has 0 aliphatic carbocycles. The van der Waals surface area contributed by atoms with E-state index in [4.69, 9.17) is 4.52 Å². The van der Waals surface area contributed by atoms with Crippen molar-refractivity contribution in [1.82, 2.24) is 0 Å². The third-order valence-corrected chi connectivity index (χ3v) is 3.58. The van der Waals surface area contributed by atoms with E-state index in [1.165, 1.54) is 0 Å². The molecule has 4 heteroatoms. The van der Waals surface area contributed by atoms with Crippen LogP contribution in [0, 0.1) is 5.92 Å². The van der Waals surface area contributed by atoms with Crippen molar-refractivity contribution >= 4 is 7.68 Å². The van der Waals surface area contributed by atoms with E-state index >= 15 is 0 Å². The van der Waals surface area contributed by atoms with Gasteiger partial charge in [-0.05, 0) is 5.92 Å². The van der Waals surface area contributed by atoms with Gasteiger partial charge < -0.3 is 4.52 Å². The standard InChI is InChI=1S/C8H18FO2P/c1-5-8(4)6-11-12(9,10)7(2)3/h7-8H,5-6H2,1-4H3. The van der Waals surface area contributed by atoms with E-state index in [0.29, 0.717) is 0 Å². The van der Waals surface area contributed by atoms with Gasteiger partial charge in [-0.25, -0.2) is 0 Å². The summed E-state index contributed by atoms with van der Waals surface area (Å²) >= 11 is 0. The zero-order valence-corrected chi connectivity index (χ0v) is 9.11. The van der Waals surface area contributed by atoms with Crippen molar-refractivity contribution in [3.63, 3.8) is 0 Å². The van der Waals surface area contributed by atoms with E-state index in [9.17, 15) is 8.76 Å². The molecular weight excluding hydrogens is 178 g/mol. The Morgan fingerprint density at radius 3 is 2.25 bits per heavy atom. The van der Waals surface area contributed by atoms with Gasteiger partial charge in [0.25, 0.3) is 0 Å². The maximum atomic E-state index is 13.0. The lowest BCUT2D eigenvalue weighted by Crippen LogP contribution is -2.05. The second kappa shape index (κ2) is 4.98. The highest BCUT2D eigenvalue weighted by molar-refractivity contribution is 7.54. The van der Waals surface area contributed by atoms with Gasteiger partial charge >= 0.3 is 7.68 Å². The van der Waals surface area contributed by atoms with E-state index in [-0.39, 0.29) is 12.5 Å². The molecule has 2 nitrogen and oxygen atoms in total. The van der Waals surface area contributed by atoms with E-state index in [1.807, 2.05) is 13.8 Å². The predicted molar refractivity (Wildman–Crippen MR) is 49.3 cm³/mol. The molecule has 0 rings (SSSR count). The molecule has 2 atom stereocenters. The Balaban J connectivity index is 3.84. The molecule has 0 spiro atoms. The van der Waals surface area contributed by atoms with Gasteiger partial charge in [0, 0.05) is 0 Å². The van der Waals surface area contributed by atoms with Crippen molar-refractivity contribution in [3.8, 4) is 0 Å². The van der Waals surface area contributed by atoms with Crippen LogP contribution >= 0.6 is 7.68 Å². The summed E-state index contributed by atoms with van der Waals surface area (Å²) in [4.78, 5) is 0. The maximum absolute atomic E-state index is 13.0. The molecular formula is C8H18FO2P. The predicted octanol–water partition coefficient (Wildman–Crippen LogP) is 3.62. The molecule has 12 heavy (non-hydrogen) atoms. The SMILES string of the molecule is CCC(C)COP(=O)(F)C(C)C. The molecule has 0 aromatic carbocycles. The van der Waals surface area contributed by atoms with Crippen LogP contribution in [0.15, 0.2) is 0 Å². The highest BCUT2D eigenvalue weighted by Crippen LogP contribution is 2.53. The van der Waals surface area contributed by atoms with Gasteiger partial charge in [0.1, 0.15) is 0 Å². The molecule has 0 aliphatic rings. The monoisotopic (exact) mass is 196 g/mol.